The van der Waals surface area contributed by atoms with Crippen LogP contribution in [0.2, 0.25) is 5.02 Å². The number of aliphatic hydroxyl groups is 2. The van der Waals surface area contributed by atoms with E-state index in [1.807, 2.05) is 30.0 Å². The average Bonchev–Trinajstić information content (AvgIpc) is 3.11. The summed E-state index contributed by atoms with van der Waals surface area (Å²) in [7, 11) is 1.00. The lowest BCUT2D eigenvalue weighted by Gasteiger charge is -2.23. The molecule has 5 N–H and O–H groups in total. The molecule has 1 saturated carbocycles. The fourth-order valence-corrected chi connectivity index (χ4v) is 5.10. The Morgan fingerprint density at radius 3 is 2.66 bits per heavy atom. The van der Waals surface area contributed by atoms with E-state index in [1.54, 1.807) is 0 Å². The van der Waals surface area contributed by atoms with Crippen LogP contribution in [0.1, 0.15) is 52.0 Å². The van der Waals surface area contributed by atoms with Gasteiger partial charge in [-0.05, 0) is 82.4 Å². The van der Waals surface area contributed by atoms with Gasteiger partial charge in [0.1, 0.15) is 5.84 Å². The summed E-state index contributed by atoms with van der Waals surface area (Å²) in [4.78, 5) is 6.03. The maximum Gasteiger partial charge on any atom is 0.127 e. The number of halogens is 1. The van der Waals surface area contributed by atoms with Crippen LogP contribution >= 0.6 is 23.4 Å². The van der Waals surface area contributed by atoms with Gasteiger partial charge in [-0.25, -0.2) is 0 Å². The Kier molecular flexibility index (Phi) is 8.89. The summed E-state index contributed by atoms with van der Waals surface area (Å²) >= 11 is 8.23. The molecule has 162 valence electrons. The molecule has 1 heterocycles. The minimum atomic E-state index is -0.238. The molecule has 0 spiro atoms. The van der Waals surface area contributed by atoms with Gasteiger partial charge in [-0.2, -0.15) is 0 Å². The summed E-state index contributed by atoms with van der Waals surface area (Å²) in [6.45, 7) is 6.22. The zero-order valence-electron chi connectivity index (χ0n) is 17.8. The molecule has 2 unspecified atom stereocenters. The van der Waals surface area contributed by atoms with Crippen molar-refractivity contribution < 1.29 is 10.2 Å². The predicted molar refractivity (Wildman–Crippen MR) is 125 cm³/mol. The van der Waals surface area contributed by atoms with E-state index in [9.17, 15) is 5.11 Å². The van der Waals surface area contributed by atoms with Gasteiger partial charge in [0.15, 0.2) is 0 Å². The SMILES string of the molecule is CC(C)(C)N=C(/C=C(\N)C1CCC(O)C1)Nc1ccc(Cl)c2c1CCCS2.CO. The number of thioether (sulfide) groups is 1. The van der Waals surface area contributed by atoms with E-state index in [2.05, 4.69) is 26.1 Å². The van der Waals surface area contributed by atoms with Gasteiger partial charge in [0, 0.05) is 29.3 Å². The van der Waals surface area contributed by atoms with E-state index >= 15 is 0 Å². The van der Waals surface area contributed by atoms with Crippen LogP contribution < -0.4 is 11.1 Å². The summed E-state index contributed by atoms with van der Waals surface area (Å²) in [6, 6.07) is 3.99. The molecular formula is C22H34ClN3O2S. The molecule has 3 rings (SSSR count). The number of fused-ring (bicyclic) bond motifs is 1. The average molecular weight is 440 g/mol. The van der Waals surface area contributed by atoms with Crippen LogP contribution in [0.4, 0.5) is 5.69 Å². The highest BCUT2D eigenvalue weighted by Crippen LogP contribution is 2.40. The highest BCUT2D eigenvalue weighted by atomic mass is 35.5. The van der Waals surface area contributed by atoms with Crippen molar-refractivity contribution in [2.24, 2.45) is 16.6 Å². The molecule has 2 atom stereocenters. The molecule has 0 amide bonds. The Labute approximate surface area is 183 Å². The first kappa shape index (κ1) is 24.1. The van der Waals surface area contributed by atoms with Crippen molar-refractivity contribution >= 4 is 34.9 Å². The van der Waals surface area contributed by atoms with Crippen LogP contribution in [-0.4, -0.2) is 40.6 Å². The molecule has 0 bridgehead atoms. The van der Waals surface area contributed by atoms with Gasteiger partial charge in [-0.15, -0.1) is 11.8 Å². The quantitative estimate of drug-likeness (QED) is 0.408. The van der Waals surface area contributed by atoms with Gasteiger partial charge in [0.25, 0.3) is 0 Å². The number of aliphatic imine (C=N–C) groups is 1. The first-order valence-corrected chi connectivity index (χ1v) is 11.5. The van der Waals surface area contributed by atoms with Gasteiger partial charge < -0.3 is 21.3 Å². The fourth-order valence-electron chi connectivity index (χ4n) is 3.68. The number of nitrogens with zero attached hydrogens (tertiary/aromatic N) is 1. The number of hydrogen-bond acceptors (Lipinski definition) is 5. The molecule has 1 aromatic rings. The van der Waals surface area contributed by atoms with Crippen molar-refractivity contribution in [3.8, 4) is 0 Å². The van der Waals surface area contributed by atoms with Crippen LogP contribution in [0.3, 0.4) is 0 Å². The van der Waals surface area contributed by atoms with Gasteiger partial charge in [-0.3, -0.25) is 4.99 Å². The monoisotopic (exact) mass is 439 g/mol. The molecule has 1 aliphatic heterocycles. The van der Waals surface area contributed by atoms with Crippen LogP contribution in [0.25, 0.3) is 0 Å². The number of benzene rings is 1. The number of anilines is 1. The number of nitrogens with two attached hydrogens (primary N) is 1. The van der Waals surface area contributed by atoms with E-state index in [0.29, 0.717) is 0 Å². The van der Waals surface area contributed by atoms with Gasteiger partial charge in [0.05, 0.1) is 16.7 Å². The van der Waals surface area contributed by atoms with Gasteiger partial charge in [-0.1, -0.05) is 11.6 Å². The number of hydrogen-bond donors (Lipinski definition) is 4. The van der Waals surface area contributed by atoms with E-state index in [4.69, 9.17) is 27.4 Å². The third-order valence-corrected chi connectivity index (χ3v) is 6.60. The molecule has 1 fully saturated rings. The number of amidine groups is 1. The standard InChI is InChI=1S/C21H30ClN3OS.CH4O/c1-21(2,3)25-19(12-17(23)13-6-7-14(26)11-13)24-18-9-8-16(22)20-15(18)5-4-10-27-20;1-2/h8-9,12-14,26H,4-7,10-11,23H2,1-3H3,(H,24,25);2H,1H3/b17-12-;. The normalized spacial score (nSPS) is 22.6. The van der Waals surface area contributed by atoms with Crippen LogP contribution in [0.5, 0.6) is 0 Å². The van der Waals surface area contributed by atoms with Crippen molar-refractivity contribution in [2.75, 3.05) is 18.2 Å². The minimum Gasteiger partial charge on any atom is -0.402 e. The summed E-state index contributed by atoms with van der Waals surface area (Å²) in [5, 5.41) is 21.2. The van der Waals surface area contributed by atoms with Crippen LogP contribution in [-0.2, 0) is 6.42 Å². The second-order valence-corrected chi connectivity index (χ2v) is 9.97. The molecule has 2 aliphatic rings. The van der Waals surface area contributed by atoms with Crippen molar-refractivity contribution in [3.05, 3.63) is 34.5 Å². The zero-order valence-corrected chi connectivity index (χ0v) is 19.4. The van der Waals surface area contributed by atoms with Crippen LogP contribution in [0, 0.1) is 5.92 Å². The van der Waals surface area contributed by atoms with Gasteiger partial charge >= 0.3 is 0 Å². The molecule has 7 heteroatoms. The van der Waals surface area contributed by atoms with Crippen molar-refractivity contribution in [2.45, 2.75) is 69.4 Å². The summed E-state index contributed by atoms with van der Waals surface area (Å²) < 4.78 is 0. The molecule has 0 saturated heterocycles. The van der Waals surface area contributed by atoms with Crippen LogP contribution in [0.15, 0.2) is 33.8 Å². The maximum atomic E-state index is 9.82. The Morgan fingerprint density at radius 1 is 1.31 bits per heavy atom. The summed E-state index contributed by atoms with van der Waals surface area (Å²) in [6.07, 6.45) is 6.36. The summed E-state index contributed by atoms with van der Waals surface area (Å²) in [5.41, 5.74) is 9.27. The number of allylic oxidation sites excluding steroid dienone is 1. The van der Waals surface area contributed by atoms with Crippen molar-refractivity contribution in [1.82, 2.24) is 0 Å². The molecule has 1 aliphatic carbocycles. The first-order valence-electron chi connectivity index (χ1n) is 10.1. The van der Waals surface area contributed by atoms with Gasteiger partial charge in [0.2, 0.25) is 0 Å². The minimum absolute atomic E-state index is 0.224. The van der Waals surface area contributed by atoms with Crippen molar-refractivity contribution in [1.29, 1.82) is 0 Å². The third kappa shape index (κ3) is 6.92. The van der Waals surface area contributed by atoms with E-state index in [1.165, 1.54) is 10.5 Å². The lowest BCUT2D eigenvalue weighted by molar-refractivity contribution is 0.179. The number of aliphatic hydroxyl groups excluding tert-OH is 2. The zero-order chi connectivity index (χ0) is 21.6. The van der Waals surface area contributed by atoms with E-state index in [0.717, 1.165) is 67.2 Å². The second-order valence-electron chi connectivity index (χ2n) is 8.46. The molecule has 0 radical (unpaired) electrons. The molecular weight excluding hydrogens is 406 g/mol. The van der Waals surface area contributed by atoms with E-state index in [-0.39, 0.29) is 17.6 Å². The molecule has 5 nitrogen and oxygen atoms in total. The number of rotatable bonds is 3. The first-order chi connectivity index (χ1) is 13.7. The fraction of sp³-hybridized carbons (Fsp3) is 0.591. The Hall–Kier alpha value is -1.21. The molecule has 1 aromatic carbocycles. The lowest BCUT2D eigenvalue weighted by Crippen LogP contribution is -2.22. The lowest BCUT2D eigenvalue weighted by atomic mass is 10.0. The Bertz CT molecular complexity index is 759. The smallest absolute Gasteiger partial charge is 0.127 e. The third-order valence-electron chi connectivity index (χ3n) is 4.93. The second kappa shape index (κ2) is 10.7. The highest BCUT2D eigenvalue weighted by Gasteiger charge is 2.25. The largest absolute Gasteiger partial charge is 0.402 e. The summed E-state index contributed by atoms with van der Waals surface area (Å²) in [5.74, 6) is 2.10. The molecule has 0 aromatic heterocycles. The van der Waals surface area contributed by atoms with Crippen molar-refractivity contribution in [3.63, 3.8) is 0 Å². The Balaban J connectivity index is 0.00000145. The molecule has 29 heavy (non-hydrogen) atoms. The highest BCUT2D eigenvalue weighted by molar-refractivity contribution is 7.99. The number of nitrogens with one attached hydrogen (secondary N) is 1. The predicted octanol–water partition coefficient (Wildman–Crippen LogP) is 4.60. The van der Waals surface area contributed by atoms with E-state index < -0.39 is 0 Å². The Morgan fingerprint density at radius 2 is 2.03 bits per heavy atom. The maximum absolute atomic E-state index is 9.82. The topological polar surface area (TPSA) is 90.9 Å².